The van der Waals surface area contributed by atoms with Gasteiger partial charge >= 0.3 is 0 Å². The summed E-state index contributed by atoms with van der Waals surface area (Å²) in [5.41, 5.74) is 1.87. The maximum absolute atomic E-state index is 13.6. The van der Waals surface area contributed by atoms with Gasteiger partial charge in [-0.15, -0.1) is 10.2 Å². The van der Waals surface area contributed by atoms with Gasteiger partial charge in [-0.25, -0.2) is 4.39 Å². The standard InChI is InChI=1S/C19H19FN4O/c20-15-6-4-5-14(9-15)18-10-17(25)11-23(18)12-19-22-21-13-24(19)16-7-2-1-3-8-16/h1-9,13,17-18,25H,10-12H2/t17-,18+/m0/s1. The smallest absolute Gasteiger partial charge is 0.151 e. The molecule has 5 nitrogen and oxygen atoms in total. The second-order valence-electron chi connectivity index (χ2n) is 6.34. The number of halogens is 1. The van der Waals surface area contributed by atoms with Crippen LogP contribution in [0.5, 0.6) is 0 Å². The van der Waals surface area contributed by atoms with Crippen molar-refractivity contribution in [2.45, 2.75) is 25.1 Å². The molecule has 0 aliphatic carbocycles. The van der Waals surface area contributed by atoms with Gasteiger partial charge in [-0.05, 0) is 36.2 Å². The van der Waals surface area contributed by atoms with Crippen molar-refractivity contribution in [3.63, 3.8) is 0 Å². The first kappa shape index (κ1) is 15.9. The molecule has 0 amide bonds. The molecule has 4 rings (SSSR count). The van der Waals surface area contributed by atoms with E-state index < -0.39 is 6.10 Å². The molecule has 2 heterocycles. The molecular weight excluding hydrogens is 319 g/mol. The molecule has 1 N–H and O–H groups in total. The molecule has 128 valence electrons. The van der Waals surface area contributed by atoms with Gasteiger partial charge in [0.25, 0.3) is 0 Å². The van der Waals surface area contributed by atoms with E-state index in [-0.39, 0.29) is 11.9 Å². The summed E-state index contributed by atoms with van der Waals surface area (Å²) in [4.78, 5) is 2.13. The van der Waals surface area contributed by atoms with Gasteiger partial charge in [0.15, 0.2) is 5.82 Å². The molecule has 1 aliphatic rings. The Morgan fingerprint density at radius 1 is 1.12 bits per heavy atom. The van der Waals surface area contributed by atoms with Crippen LogP contribution in [-0.4, -0.2) is 37.4 Å². The second-order valence-corrected chi connectivity index (χ2v) is 6.34. The van der Waals surface area contributed by atoms with Crippen molar-refractivity contribution in [3.8, 4) is 5.69 Å². The van der Waals surface area contributed by atoms with Crippen LogP contribution in [0.4, 0.5) is 4.39 Å². The Bertz CT molecular complexity index is 851. The maximum atomic E-state index is 13.6. The van der Waals surface area contributed by atoms with Crippen molar-refractivity contribution in [1.82, 2.24) is 19.7 Å². The van der Waals surface area contributed by atoms with Gasteiger partial charge in [0.1, 0.15) is 12.1 Å². The van der Waals surface area contributed by atoms with Gasteiger partial charge < -0.3 is 5.11 Å². The number of aliphatic hydroxyl groups is 1. The van der Waals surface area contributed by atoms with E-state index in [0.29, 0.717) is 19.5 Å². The molecule has 1 aromatic heterocycles. The van der Waals surface area contributed by atoms with Crippen LogP contribution in [0.15, 0.2) is 60.9 Å². The van der Waals surface area contributed by atoms with E-state index in [1.807, 2.05) is 41.0 Å². The Labute approximate surface area is 145 Å². The number of rotatable bonds is 4. The van der Waals surface area contributed by atoms with E-state index in [2.05, 4.69) is 15.1 Å². The Kier molecular flexibility index (Phi) is 4.29. The first-order chi connectivity index (χ1) is 12.2. The number of aliphatic hydroxyl groups excluding tert-OH is 1. The zero-order valence-electron chi connectivity index (χ0n) is 13.7. The summed E-state index contributed by atoms with van der Waals surface area (Å²) in [6, 6.07) is 16.4. The topological polar surface area (TPSA) is 54.2 Å². The number of likely N-dealkylation sites (tertiary alicyclic amines) is 1. The normalized spacial score (nSPS) is 20.9. The second kappa shape index (κ2) is 6.74. The molecule has 3 aromatic rings. The van der Waals surface area contributed by atoms with E-state index in [0.717, 1.165) is 17.1 Å². The summed E-state index contributed by atoms with van der Waals surface area (Å²) in [6.07, 6.45) is 1.85. The number of hydrogen-bond acceptors (Lipinski definition) is 4. The number of nitrogens with zero attached hydrogens (tertiary/aromatic N) is 4. The largest absolute Gasteiger partial charge is 0.392 e. The summed E-state index contributed by atoms with van der Waals surface area (Å²) in [5, 5.41) is 18.4. The molecule has 1 fully saturated rings. The maximum Gasteiger partial charge on any atom is 0.151 e. The highest BCUT2D eigenvalue weighted by Gasteiger charge is 2.33. The van der Waals surface area contributed by atoms with Crippen LogP contribution < -0.4 is 0 Å². The van der Waals surface area contributed by atoms with Crippen LogP contribution in [0, 0.1) is 5.82 Å². The molecule has 2 aromatic carbocycles. The first-order valence-corrected chi connectivity index (χ1v) is 8.32. The fourth-order valence-corrected chi connectivity index (χ4v) is 3.47. The molecule has 0 unspecified atom stereocenters. The Morgan fingerprint density at radius 3 is 2.76 bits per heavy atom. The van der Waals surface area contributed by atoms with E-state index in [1.54, 1.807) is 12.4 Å². The average molecular weight is 338 g/mol. The highest BCUT2D eigenvalue weighted by atomic mass is 19.1. The lowest BCUT2D eigenvalue weighted by Gasteiger charge is -2.24. The van der Waals surface area contributed by atoms with Crippen LogP contribution in [0.25, 0.3) is 5.69 Å². The summed E-state index contributed by atoms with van der Waals surface area (Å²) < 4.78 is 15.5. The van der Waals surface area contributed by atoms with Crippen molar-refractivity contribution >= 4 is 0 Å². The van der Waals surface area contributed by atoms with Gasteiger partial charge in [0, 0.05) is 18.3 Å². The van der Waals surface area contributed by atoms with Crippen molar-refractivity contribution in [2.75, 3.05) is 6.54 Å². The van der Waals surface area contributed by atoms with Crippen molar-refractivity contribution in [2.24, 2.45) is 0 Å². The zero-order chi connectivity index (χ0) is 17.2. The monoisotopic (exact) mass is 338 g/mol. The van der Waals surface area contributed by atoms with Crippen LogP contribution in [0.2, 0.25) is 0 Å². The summed E-state index contributed by atoms with van der Waals surface area (Å²) in [6.45, 7) is 1.07. The Morgan fingerprint density at radius 2 is 1.96 bits per heavy atom. The Hall–Kier alpha value is -2.57. The fourth-order valence-electron chi connectivity index (χ4n) is 3.47. The minimum Gasteiger partial charge on any atom is -0.392 e. The van der Waals surface area contributed by atoms with Gasteiger partial charge in [-0.1, -0.05) is 30.3 Å². The molecule has 25 heavy (non-hydrogen) atoms. The molecule has 2 atom stereocenters. The van der Waals surface area contributed by atoms with Crippen LogP contribution in [-0.2, 0) is 6.54 Å². The predicted molar refractivity (Wildman–Crippen MR) is 91.5 cm³/mol. The number of benzene rings is 2. The number of hydrogen-bond donors (Lipinski definition) is 1. The van der Waals surface area contributed by atoms with Gasteiger partial charge in [-0.3, -0.25) is 9.47 Å². The van der Waals surface area contributed by atoms with Crippen LogP contribution in [0.1, 0.15) is 23.9 Å². The third kappa shape index (κ3) is 3.31. The van der Waals surface area contributed by atoms with E-state index in [9.17, 15) is 9.50 Å². The number of aromatic nitrogens is 3. The fraction of sp³-hybridized carbons (Fsp3) is 0.263. The zero-order valence-corrected chi connectivity index (χ0v) is 13.7. The molecule has 0 spiro atoms. The summed E-state index contributed by atoms with van der Waals surface area (Å²) in [7, 11) is 0. The highest BCUT2D eigenvalue weighted by Crippen LogP contribution is 2.33. The lowest BCUT2D eigenvalue weighted by Crippen LogP contribution is -2.26. The summed E-state index contributed by atoms with van der Waals surface area (Å²) >= 11 is 0. The minimum atomic E-state index is -0.429. The molecule has 0 radical (unpaired) electrons. The lowest BCUT2D eigenvalue weighted by atomic mass is 10.0. The minimum absolute atomic E-state index is 0.0355. The lowest BCUT2D eigenvalue weighted by molar-refractivity contribution is 0.171. The molecular formula is C19H19FN4O. The van der Waals surface area contributed by atoms with Gasteiger partial charge in [-0.2, -0.15) is 0 Å². The number of β-amino-alcohol motifs (C(OH)–C–C–N with tert-alkyl or cyclic N) is 1. The first-order valence-electron chi connectivity index (χ1n) is 8.32. The summed E-state index contributed by atoms with van der Waals surface area (Å²) in [5.74, 6) is 0.535. The molecule has 0 bridgehead atoms. The molecule has 0 saturated carbocycles. The van der Waals surface area contributed by atoms with Crippen LogP contribution in [0.3, 0.4) is 0 Å². The number of para-hydroxylation sites is 1. The quantitative estimate of drug-likeness (QED) is 0.795. The van der Waals surface area contributed by atoms with Gasteiger partial charge in [0.2, 0.25) is 0 Å². The SMILES string of the molecule is O[C@H]1C[C@H](c2cccc(F)c2)N(Cc2nncn2-c2ccccc2)C1. The van der Waals surface area contributed by atoms with Gasteiger partial charge in [0.05, 0.1) is 12.6 Å². The Balaban J connectivity index is 1.61. The predicted octanol–water partition coefficient (Wildman–Crippen LogP) is 2.71. The highest BCUT2D eigenvalue weighted by molar-refractivity contribution is 5.32. The third-order valence-corrected chi connectivity index (χ3v) is 4.61. The van der Waals surface area contributed by atoms with Crippen LogP contribution >= 0.6 is 0 Å². The van der Waals surface area contributed by atoms with E-state index in [1.165, 1.54) is 12.1 Å². The molecule has 6 heteroatoms. The molecule has 1 aliphatic heterocycles. The molecule has 1 saturated heterocycles. The average Bonchev–Trinajstić information content (AvgIpc) is 3.22. The van der Waals surface area contributed by atoms with Crippen molar-refractivity contribution in [3.05, 3.63) is 78.1 Å². The van der Waals surface area contributed by atoms with E-state index in [4.69, 9.17) is 0 Å². The van der Waals surface area contributed by atoms with Crippen molar-refractivity contribution in [1.29, 1.82) is 0 Å². The van der Waals surface area contributed by atoms with E-state index >= 15 is 0 Å². The van der Waals surface area contributed by atoms with Crippen molar-refractivity contribution < 1.29 is 9.50 Å². The third-order valence-electron chi connectivity index (χ3n) is 4.61.